The summed E-state index contributed by atoms with van der Waals surface area (Å²) in [5, 5.41) is 3.16. The van der Waals surface area contributed by atoms with Gasteiger partial charge in [-0.15, -0.1) is 0 Å². The van der Waals surface area contributed by atoms with Crippen molar-refractivity contribution >= 4 is 29.2 Å². The number of para-hydroxylation sites is 1. The third kappa shape index (κ3) is 4.99. The van der Waals surface area contributed by atoms with E-state index in [9.17, 15) is 9.59 Å². The molecule has 6 heteroatoms. The van der Waals surface area contributed by atoms with E-state index in [0.29, 0.717) is 22.0 Å². The van der Waals surface area contributed by atoms with Gasteiger partial charge in [0.15, 0.2) is 6.61 Å². The first-order valence-corrected chi connectivity index (χ1v) is 7.71. The van der Waals surface area contributed by atoms with Gasteiger partial charge in [-0.1, -0.05) is 35.9 Å². The van der Waals surface area contributed by atoms with Crippen LogP contribution in [0.25, 0.3) is 0 Å². The van der Waals surface area contributed by atoms with Crippen LogP contribution in [0.5, 0.6) is 5.75 Å². The standard InChI is InChI=1S/C18H18ClNO4/c1-12-7-8-15(14(19)9-12)20-17(21)11-24-16-6-4-3-5-13(16)10-18(22)23-2/h3-9H,10-11H2,1-2H3,(H,20,21). The molecule has 2 rings (SSSR count). The summed E-state index contributed by atoms with van der Waals surface area (Å²) in [6.07, 6.45) is 0.0814. The summed E-state index contributed by atoms with van der Waals surface area (Å²) < 4.78 is 10.2. The quantitative estimate of drug-likeness (QED) is 0.813. The zero-order valence-corrected chi connectivity index (χ0v) is 14.2. The summed E-state index contributed by atoms with van der Waals surface area (Å²) in [6.45, 7) is 1.72. The fourth-order valence-corrected chi connectivity index (χ4v) is 2.35. The van der Waals surface area contributed by atoms with Crippen LogP contribution in [0.15, 0.2) is 42.5 Å². The lowest BCUT2D eigenvalue weighted by Crippen LogP contribution is -2.21. The first kappa shape index (κ1) is 17.8. The van der Waals surface area contributed by atoms with Crippen molar-refractivity contribution in [2.75, 3.05) is 19.0 Å². The number of esters is 1. The van der Waals surface area contributed by atoms with Crippen LogP contribution in [0.3, 0.4) is 0 Å². The number of nitrogens with one attached hydrogen (secondary N) is 1. The number of amides is 1. The van der Waals surface area contributed by atoms with Crippen LogP contribution in [0, 0.1) is 6.92 Å². The molecule has 0 aromatic heterocycles. The van der Waals surface area contributed by atoms with Gasteiger partial charge in [-0.05, 0) is 30.7 Å². The van der Waals surface area contributed by atoms with E-state index in [4.69, 9.17) is 16.3 Å². The minimum absolute atomic E-state index is 0.0814. The Morgan fingerprint density at radius 1 is 1.17 bits per heavy atom. The Morgan fingerprint density at radius 2 is 1.92 bits per heavy atom. The van der Waals surface area contributed by atoms with Crippen molar-refractivity contribution in [1.29, 1.82) is 0 Å². The molecule has 0 saturated carbocycles. The zero-order chi connectivity index (χ0) is 17.5. The van der Waals surface area contributed by atoms with Crippen molar-refractivity contribution in [3.05, 3.63) is 58.6 Å². The number of rotatable bonds is 6. The van der Waals surface area contributed by atoms with Crippen molar-refractivity contribution in [2.24, 2.45) is 0 Å². The number of anilines is 1. The average Bonchev–Trinajstić information content (AvgIpc) is 2.56. The second-order valence-corrected chi connectivity index (χ2v) is 5.59. The Morgan fingerprint density at radius 3 is 2.62 bits per heavy atom. The molecule has 2 aromatic rings. The molecule has 0 bridgehead atoms. The van der Waals surface area contributed by atoms with Crippen molar-refractivity contribution in [2.45, 2.75) is 13.3 Å². The number of carbonyl (C=O) groups excluding carboxylic acids is 2. The van der Waals surface area contributed by atoms with Gasteiger partial charge < -0.3 is 14.8 Å². The molecule has 0 unspecified atom stereocenters. The van der Waals surface area contributed by atoms with Crippen LogP contribution in [-0.4, -0.2) is 25.6 Å². The first-order chi connectivity index (χ1) is 11.5. The largest absolute Gasteiger partial charge is 0.483 e. The van der Waals surface area contributed by atoms with E-state index in [1.165, 1.54) is 7.11 Å². The maximum Gasteiger partial charge on any atom is 0.310 e. The molecule has 0 aliphatic heterocycles. The third-order valence-corrected chi connectivity index (χ3v) is 3.61. The molecular weight excluding hydrogens is 330 g/mol. The number of benzene rings is 2. The van der Waals surface area contributed by atoms with Crippen LogP contribution in [-0.2, 0) is 20.7 Å². The lowest BCUT2D eigenvalue weighted by molar-refractivity contribution is -0.139. The Labute approximate surface area is 145 Å². The SMILES string of the molecule is COC(=O)Cc1ccccc1OCC(=O)Nc1ccc(C)cc1Cl. The minimum atomic E-state index is -0.373. The maximum atomic E-state index is 12.0. The van der Waals surface area contributed by atoms with Gasteiger partial charge in [0, 0.05) is 5.56 Å². The van der Waals surface area contributed by atoms with E-state index < -0.39 is 0 Å². The van der Waals surface area contributed by atoms with Gasteiger partial charge >= 0.3 is 5.97 Å². The molecule has 0 radical (unpaired) electrons. The molecule has 0 fully saturated rings. The highest BCUT2D eigenvalue weighted by atomic mass is 35.5. The molecule has 0 heterocycles. The highest BCUT2D eigenvalue weighted by Crippen LogP contribution is 2.23. The van der Waals surface area contributed by atoms with Crippen molar-refractivity contribution in [3.8, 4) is 5.75 Å². The Kier molecular flexibility index (Phi) is 6.21. The van der Waals surface area contributed by atoms with E-state index in [2.05, 4.69) is 10.1 Å². The molecule has 5 nitrogen and oxygen atoms in total. The first-order valence-electron chi connectivity index (χ1n) is 7.33. The van der Waals surface area contributed by atoms with Crippen molar-refractivity contribution in [1.82, 2.24) is 0 Å². The van der Waals surface area contributed by atoms with Crippen LogP contribution in [0.4, 0.5) is 5.69 Å². The van der Waals surface area contributed by atoms with E-state index in [1.54, 1.807) is 36.4 Å². The molecule has 1 N–H and O–H groups in total. The monoisotopic (exact) mass is 347 g/mol. The van der Waals surface area contributed by atoms with Gasteiger partial charge in [0.1, 0.15) is 5.75 Å². The van der Waals surface area contributed by atoms with Gasteiger partial charge in [-0.25, -0.2) is 0 Å². The van der Waals surface area contributed by atoms with E-state index >= 15 is 0 Å². The predicted octanol–water partition coefficient (Wildman–Crippen LogP) is 3.38. The highest BCUT2D eigenvalue weighted by Gasteiger charge is 2.11. The fourth-order valence-electron chi connectivity index (χ4n) is 2.07. The number of carbonyl (C=O) groups is 2. The van der Waals surface area contributed by atoms with Gasteiger partial charge in [-0.2, -0.15) is 0 Å². The number of methoxy groups -OCH3 is 1. The van der Waals surface area contributed by atoms with Gasteiger partial charge in [0.25, 0.3) is 5.91 Å². The zero-order valence-electron chi connectivity index (χ0n) is 13.5. The normalized spacial score (nSPS) is 10.1. The molecule has 1 amide bonds. The molecule has 0 spiro atoms. The van der Waals surface area contributed by atoms with Crippen molar-refractivity contribution in [3.63, 3.8) is 0 Å². The van der Waals surface area contributed by atoms with E-state index in [0.717, 1.165) is 5.56 Å². The molecule has 126 valence electrons. The number of ether oxygens (including phenoxy) is 2. The summed E-state index contributed by atoms with van der Waals surface area (Å²) in [6, 6.07) is 12.4. The second-order valence-electron chi connectivity index (χ2n) is 5.18. The van der Waals surface area contributed by atoms with Crippen LogP contribution in [0.2, 0.25) is 5.02 Å². The summed E-state index contributed by atoms with van der Waals surface area (Å²) in [5.74, 6) is -0.247. The predicted molar refractivity (Wildman–Crippen MR) is 92.5 cm³/mol. The lowest BCUT2D eigenvalue weighted by atomic mass is 10.1. The van der Waals surface area contributed by atoms with Crippen molar-refractivity contribution < 1.29 is 19.1 Å². The molecule has 0 aliphatic rings. The summed E-state index contributed by atoms with van der Waals surface area (Å²) in [7, 11) is 1.32. The topological polar surface area (TPSA) is 64.6 Å². The second kappa shape index (κ2) is 8.36. The summed E-state index contributed by atoms with van der Waals surface area (Å²) in [5.41, 5.74) is 2.19. The third-order valence-electron chi connectivity index (χ3n) is 3.29. The van der Waals surface area contributed by atoms with E-state index in [-0.39, 0.29) is 24.9 Å². The molecule has 24 heavy (non-hydrogen) atoms. The summed E-state index contributed by atoms with van der Waals surface area (Å²) in [4.78, 5) is 23.4. The van der Waals surface area contributed by atoms with Gasteiger partial charge in [0.2, 0.25) is 0 Å². The molecular formula is C18H18ClNO4. The highest BCUT2D eigenvalue weighted by molar-refractivity contribution is 6.33. The molecule has 2 aromatic carbocycles. The Bertz CT molecular complexity index is 746. The summed E-state index contributed by atoms with van der Waals surface area (Å²) >= 11 is 6.08. The Balaban J connectivity index is 1.98. The number of aryl methyl sites for hydroxylation is 1. The molecule has 0 atom stereocenters. The average molecular weight is 348 g/mol. The number of hydrogen-bond acceptors (Lipinski definition) is 4. The van der Waals surface area contributed by atoms with Gasteiger partial charge in [0.05, 0.1) is 24.2 Å². The number of hydrogen-bond donors (Lipinski definition) is 1. The van der Waals surface area contributed by atoms with Crippen LogP contribution < -0.4 is 10.1 Å². The molecule has 0 saturated heterocycles. The van der Waals surface area contributed by atoms with Crippen LogP contribution >= 0.6 is 11.6 Å². The smallest absolute Gasteiger partial charge is 0.310 e. The Hall–Kier alpha value is -2.53. The minimum Gasteiger partial charge on any atom is -0.483 e. The molecule has 0 aliphatic carbocycles. The van der Waals surface area contributed by atoms with Gasteiger partial charge in [-0.3, -0.25) is 9.59 Å². The maximum absolute atomic E-state index is 12.0. The van der Waals surface area contributed by atoms with Crippen LogP contribution in [0.1, 0.15) is 11.1 Å². The van der Waals surface area contributed by atoms with E-state index in [1.807, 2.05) is 13.0 Å². The number of halogens is 1. The fraction of sp³-hybridized carbons (Fsp3) is 0.222. The lowest BCUT2D eigenvalue weighted by Gasteiger charge is -2.12.